The number of aromatic nitrogens is 2. The van der Waals surface area contributed by atoms with Crippen LogP contribution in [0.1, 0.15) is 36.5 Å². The number of nitrogens with one attached hydrogen (secondary N) is 3. The zero-order chi connectivity index (χ0) is 20.6. The van der Waals surface area contributed by atoms with E-state index in [-0.39, 0.29) is 39.6 Å². The van der Waals surface area contributed by atoms with Gasteiger partial charge in [-0.05, 0) is 37.7 Å². The molecule has 0 bridgehead atoms. The van der Waals surface area contributed by atoms with Gasteiger partial charge in [0.05, 0.1) is 29.2 Å². The normalized spacial score (nSPS) is 16.4. The number of carbonyl (C=O) groups is 1. The number of hydrogen-bond donors (Lipinski definition) is 3. The molecule has 2 heterocycles. The number of rotatable bonds is 3. The topological polar surface area (TPSA) is 87.0 Å². The van der Waals surface area contributed by atoms with Crippen molar-refractivity contribution in [1.82, 2.24) is 9.97 Å². The summed E-state index contributed by atoms with van der Waals surface area (Å²) in [5.41, 5.74) is -1.73. The van der Waals surface area contributed by atoms with Gasteiger partial charge in [-0.15, -0.1) is 0 Å². The van der Waals surface area contributed by atoms with Crippen molar-refractivity contribution in [1.29, 1.82) is 0 Å². The number of aromatic amines is 2. The molecule has 0 fully saturated rings. The van der Waals surface area contributed by atoms with Crippen molar-refractivity contribution in [3.05, 3.63) is 67.4 Å². The lowest BCUT2D eigenvalue weighted by Crippen LogP contribution is -2.32. The number of anilines is 1. The van der Waals surface area contributed by atoms with Gasteiger partial charge in [0, 0.05) is 5.70 Å². The number of ether oxygens (including phenoxy) is 1. The minimum Gasteiger partial charge on any atom is -0.463 e. The van der Waals surface area contributed by atoms with E-state index in [9.17, 15) is 22.8 Å². The molecule has 1 aliphatic rings. The molecular formula is C18H16F3N3O3S. The Kier molecular flexibility index (Phi) is 5.16. The first-order valence-corrected chi connectivity index (χ1v) is 8.73. The van der Waals surface area contributed by atoms with Crippen LogP contribution in [0.5, 0.6) is 0 Å². The summed E-state index contributed by atoms with van der Waals surface area (Å²) in [5.74, 6) is -1.95. The van der Waals surface area contributed by atoms with Crippen LogP contribution in [-0.2, 0) is 15.7 Å². The van der Waals surface area contributed by atoms with Crippen molar-refractivity contribution in [2.75, 3.05) is 11.9 Å². The van der Waals surface area contributed by atoms with Gasteiger partial charge in [-0.3, -0.25) is 9.78 Å². The molecule has 10 heteroatoms. The molecule has 0 radical (unpaired) electrons. The second-order valence-corrected chi connectivity index (χ2v) is 6.51. The summed E-state index contributed by atoms with van der Waals surface area (Å²) in [6.07, 6.45) is -4.68. The summed E-state index contributed by atoms with van der Waals surface area (Å²) < 4.78 is 46.0. The summed E-state index contributed by atoms with van der Waals surface area (Å²) in [6, 6.07) is 4.83. The Morgan fingerprint density at radius 3 is 2.57 bits per heavy atom. The van der Waals surface area contributed by atoms with E-state index < -0.39 is 29.2 Å². The van der Waals surface area contributed by atoms with Crippen molar-refractivity contribution in [2.24, 2.45) is 0 Å². The molecule has 1 aliphatic heterocycles. The molecule has 3 N–H and O–H groups in total. The van der Waals surface area contributed by atoms with Crippen LogP contribution in [0.4, 0.5) is 19.0 Å². The second kappa shape index (κ2) is 7.27. The number of fused-ring (bicyclic) bond motifs is 1. The lowest BCUT2D eigenvalue weighted by Gasteiger charge is -2.30. The van der Waals surface area contributed by atoms with Crippen LogP contribution in [0.3, 0.4) is 0 Å². The van der Waals surface area contributed by atoms with Crippen LogP contribution < -0.4 is 10.9 Å². The van der Waals surface area contributed by atoms with E-state index in [2.05, 4.69) is 15.3 Å². The maximum absolute atomic E-state index is 13.7. The van der Waals surface area contributed by atoms with Gasteiger partial charge in [0.2, 0.25) is 0 Å². The molecule has 0 spiro atoms. The first-order chi connectivity index (χ1) is 13.1. The largest absolute Gasteiger partial charge is 0.463 e. The van der Waals surface area contributed by atoms with Crippen molar-refractivity contribution < 1.29 is 22.7 Å². The molecule has 148 valence electrons. The van der Waals surface area contributed by atoms with Crippen molar-refractivity contribution in [2.45, 2.75) is 25.9 Å². The zero-order valence-electron chi connectivity index (χ0n) is 14.9. The van der Waals surface area contributed by atoms with Crippen molar-refractivity contribution in [3.8, 4) is 0 Å². The highest BCUT2D eigenvalue weighted by Crippen LogP contribution is 2.44. The smallest absolute Gasteiger partial charge is 0.416 e. The first-order valence-electron chi connectivity index (χ1n) is 8.32. The Balaban J connectivity index is 2.37. The van der Waals surface area contributed by atoms with E-state index in [1.54, 1.807) is 6.92 Å². The lowest BCUT2D eigenvalue weighted by molar-refractivity contribution is -0.140. The predicted octanol–water partition coefficient (Wildman–Crippen LogP) is 3.85. The molecule has 1 aromatic heterocycles. The highest BCUT2D eigenvalue weighted by molar-refractivity contribution is 7.71. The molecule has 0 aliphatic carbocycles. The van der Waals surface area contributed by atoms with Crippen LogP contribution in [-0.4, -0.2) is 22.5 Å². The Labute approximate surface area is 162 Å². The van der Waals surface area contributed by atoms with Gasteiger partial charge in [-0.1, -0.05) is 18.2 Å². The molecular weight excluding hydrogens is 395 g/mol. The summed E-state index contributed by atoms with van der Waals surface area (Å²) in [4.78, 5) is 30.3. The molecule has 28 heavy (non-hydrogen) atoms. The number of esters is 1. The maximum Gasteiger partial charge on any atom is 0.416 e. The molecule has 3 rings (SSSR count). The fourth-order valence-corrected chi connectivity index (χ4v) is 3.48. The van der Waals surface area contributed by atoms with E-state index in [4.69, 9.17) is 17.0 Å². The predicted molar refractivity (Wildman–Crippen MR) is 98.5 cm³/mol. The van der Waals surface area contributed by atoms with Gasteiger partial charge in [0.15, 0.2) is 4.77 Å². The van der Waals surface area contributed by atoms with Crippen LogP contribution >= 0.6 is 12.2 Å². The van der Waals surface area contributed by atoms with Gasteiger partial charge in [-0.25, -0.2) is 4.79 Å². The van der Waals surface area contributed by atoms with Crippen LogP contribution in [0, 0.1) is 4.77 Å². The van der Waals surface area contributed by atoms with E-state index in [1.165, 1.54) is 25.1 Å². The monoisotopic (exact) mass is 411 g/mol. The first kappa shape index (κ1) is 19.9. The minimum atomic E-state index is -4.68. The quantitative estimate of drug-likeness (QED) is 0.528. The summed E-state index contributed by atoms with van der Waals surface area (Å²) in [6.45, 7) is 3.14. The maximum atomic E-state index is 13.7. The highest BCUT2D eigenvalue weighted by Gasteiger charge is 2.41. The third-order valence-corrected chi connectivity index (χ3v) is 4.55. The molecule has 2 aromatic rings. The zero-order valence-corrected chi connectivity index (χ0v) is 15.7. The molecule has 0 unspecified atom stereocenters. The average molecular weight is 411 g/mol. The molecule has 0 amide bonds. The number of H-pyrrole nitrogens is 2. The number of allylic oxidation sites excluding steroid dienone is 1. The fourth-order valence-electron chi connectivity index (χ4n) is 3.28. The Morgan fingerprint density at radius 1 is 1.25 bits per heavy atom. The second-order valence-electron chi connectivity index (χ2n) is 6.10. The number of benzene rings is 1. The van der Waals surface area contributed by atoms with Gasteiger partial charge >= 0.3 is 12.1 Å². The SMILES string of the molecule is CCOC(=O)C1=C(C)Nc2[nH]c(=S)[nH]c(=O)c2[C@@H]1c1ccccc1C(F)(F)F. The van der Waals surface area contributed by atoms with Gasteiger partial charge < -0.3 is 15.0 Å². The molecule has 0 saturated heterocycles. The van der Waals surface area contributed by atoms with E-state index in [0.717, 1.165) is 6.07 Å². The van der Waals surface area contributed by atoms with E-state index >= 15 is 0 Å². The third kappa shape index (κ3) is 3.47. The number of halogens is 3. The number of alkyl halides is 3. The van der Waals surface area contributed by atoms with E-state index in [1.807, 2.05) is 0 Å². The Morgan fingerprint density at radius 2 is 1.93 bits per heavy atom. The molecule has 0 saturated carbocycles. The average Bonchev–Trinajstić information content (AvgIpc) is 2.59. The number of hydrogen-bond acceptors (Lipinski definition) is 5. The van der Waals surface area contributed by atoms with Gasteiger partial charge in [0.1, 0.15) is 5.82 Å². The van der Waals surface area contributed by atoms with Crippen LogP contribution in [0.25, 0.3) is 0 Å². The van der Waals surface area contributed by atoms with Gasteiger partial charge in [-0.2, -0.15) is 13.2 Å². The Bertz CT molecular complexity index is 1090. The van der Waals surface area contributed by atoms with Crippen LogP contribution in [0.2, 0.25) is 0 Å². The fraction of sp³-hybridized carbons (Fsp3) is 0.278. The van der Waals surface area contributed by atoms with Crippen molar-refractivity contribution in [3.63, 3.8) is 0 Å². The highest BCUT2D eigenvalue weighted by atomic mass is 32.1. The van der Waals surface area contributed by atoms with Crippen molar-refractivity contribution >= 4 is 24.0 Å². The lowest BCUT2D eigenvalue weighted by atomic mass is 9.80. The van der Waals surface area contributed by atoms with Crippen LogP contribution in [0.15, 0.2) is 40.3 Å². The summed E-state index contributed by atoms with van der Waals surface area (Å²) >= 11 is 4.95. The van der Waals surface area contributed by atoms with E-state index in [0.29, 0.717) is 0 Å². The number of carbonyl (C=O) groups excluding carboxylic acids is 1. The standard InChI is InChI=1S/C18H16F3N3O3S/c1-3-27-16(26)11-8(2)22-14-13(15(25)24-17(28)23-14)12(11)9-6-4-5-7-10(9)18(19,20)21/h4-7,12H,3H2,1-2H3,(H3,22,23,24,25,28)/t12-/m1/s1. The molecule has 6 nitrogen and oxygen atoms in total. The molecule has 1 aromatic carbocycles. The third-order valence-electron chi connectivity index (χ3n) is 4.35. The molecule has 1 atom stereocenters. The van der Waals surface area contributed by atoms with Gasteiger partial charge in [0.25, 0.3) is 5.56 Å². The summed E-state index contributed by atoms with van der Waals surface area (Å²) in [7, 11) is 0. The minimum absolute atomic E-state index is 0.00601. The Hall–Kier alpha value is -2.88. The summed E-state index contributed by atoms with van der Waals surface area (Å²) in [5, 5.41) is 2.84.